The fourth-order valence-corrected chi connectivity index (χ4v) is 4.34. The fourth-order valence-electron chi connectivity index (χ4n) is 4.34. The number of guanidine groups is 1. The molecule has 170 valence electrons. The number of benzene rings is 1. The molecule has 0 saturated carbocycles. The van der Waals surface area contributed by atoms with Gasteiger partial charge in [0.1, 0.15) is 5.75 Å². The third-order valence-electron chi connectivity index (χ3n) is 6.19. The topological polar surface area (TPSA) is 64.1 Å². The van der Waals surface area contributed by atoms with Gasteiger partial charge in [-0.15, -0.1) is 24.0 Å². The molecule has 0 amide bonds. The zero-order valence-electron chi connectivity index (χ0n) is 18.9. The Bertz CT molecular complexity index is 699. The lowest BCUT2D eigenvalue weighted by Gasteiger charge is -2.39. The van der Waals surface area contributed by atoms with Crippen molar-refractivity contribution in [1.29, 1.82) is 0 Å². The highest BCUT2D eigenvalue weighted by Crippen LogP contribution is 2.40. The van der Waals surface area contributed by atoms with E-state index in [1.54, 1.807) is 7.11 Å². The molecular weight excluding hydrogens is 493 g/mol. The van der Waals surface area contributed by atoms with Crippen LogP contribution in [0.3, 0.4) is 0 Å². The van der Waals surface area contributed by atoms with Gasteiger partial charge < -0.3 is 24.8 Å². The van der Waals surface area contributed by atoms with E-state index in [2.05, 4.69) is 49.6 Å². The molecule has 30 heavy (non-hydrogen) atoms. The van der Waals surface area contributed by atoms with Crippen molar-refractivity contribution in [2.45, 2.75) is 57.5 Å². The first kappa shape index (κ1) is 25.2. The number of rotatable bonds is 7. The quantitative estimate of drug-likeness (QED) is 0.319. The van der Waals surface area contributed by atoms with Gasteiger partial charge in [0.25, 0.3) is 0 Å². The van der Waals surface area contributed by atoms with Crippen molar-refractivity contribution in [1.82, 2.24) is 10.6 Å². The molecule has 0 aliphatic carbocycles. The maximum Gasteiger partial charge on any atom is 0.191 e. The van der Waals surface area contributed by atoms with Gasteiger partial charge in [0, 0.05) is 43.9 Å². The summed E-state index contributed by atoms with van der Waals surface area (Å²) in [7, 11) is 1.75. The van der Waals surface area contributed by atoms with E-state index in [0.717, 1.165) is 70.3 Å². The molecule has 0 radical (unpaired) electrons. The number of aryl methyl sites for hydroxylation is 1. The first-order chi connectivity index (χ1) is 14.0. The number of nitrogens with zero attached hydrogens (tertiary/aromatic N) is 1. The van der Waals surface area contributed by atoms with Crippen LogP contribution in [-0.4, -0.2) is 58.1 Å². The number of hydrogen-bond acceptors (Lipinski definition) is 4. The third kappa shape index (κ3) is 6.23. The minimum Gasteiger partial charge on any atom is -0.496 e. The van der Waals surface area contributed by atoms with Crippen molar-refractivity contribution in [3.05, 3.63) is 29.3 Å². The molecule has 2 fully saturated rings. The molecule has 1 aromatic carbocycles. The molecule has 2 aliphatic rings. The van der Waals surface area contributed by atoms with Crippen LogP contribution in [0.1, 0.15) is 50.7 Å². The molecule has 1 unspecified atom stereocenters. The van der Waals surface area contributed by atoms with Crippen LogP contribution in [-0.2, 0) is 14.9 Å². The Hall–Kier alpha value is -1.06. The summed E-state index contributed by atoms with van der Waals surface area (Å²) in [5.74, 6) is 1.80. The lowest BCUT2D eigenvalue weighted by molar-refractivity contribution is 0.0283. The first-order valence-corrected chi connectivity index (χ1v) is 10.9. The summed E-state index contributed by atoms with van der Waals surface area (Å²) in [5.41, 5.74) is 2.33. The molecule has 3 rings (SSSR count). The van der Waals surface area contributed by atoms with Crippen LogP contribution < -0.4 is 15.4 Å². The van der Waals surface area contributed by atoms with Crippen molar-refractivity contribution in [2.24, 2.45) is 4.99 Å². The van der Waals surface area contributed by atoms with Crippen LogP contribution in [0.15, 0.2) is 23.2 Å². The second-order valence-corrected chi connectivity index (χ2v) is 8.55. The van der Waals surface area contributed by atoms with Gasteiger partial charge in [-0.3, -0.25) is 4.99 Å². The molecule has 0 bridgehead atoms. The van der Waals surface area contributed by atoms with Crippen molar-refractivity contribution < 1.29 is 14.2 Å². The van der Waals surface area contributed by atoms with Crippen LogP contribution in [0.5, 0.6) is 5.75 Å². The molecular formula is C23H38IN3O3. The number of halogens is 1. The van der Waals surface area contributed by atoms with E-state index in [9.17, 15) is 0 Å². The summed E-state index contributed by atoms with van der Waals surface area (Å²) in [4.78, 5) is 4.84. The van der Waals surface area contributed by atoms with Crippen molar-refractivity contribution in [3.8, 4) is 5.75 Å². The van der Waals surface area contributed by atoms with Gasteiger partial charge in [0.2, 0.25) is 0 Å². The molecule has 6 nitrogen and oxygen atoms in total. The zero-order valence-corrected chi connectivity index (χ0v) is 21.2. The van der Waals surface area contributed by atoms with E-state index >= 15 is 0 Å². The summed E-state index contributed by atoms with van der Waals surface area (Å²) in [6.07, 6.45) is 4.10. The Morgan fingerprint density at radius 3 is 2.57 bits per heavy atom. The van der Waals surface area contributed by atoms with Crippen LogP contribution in [0.2, 0.25) is 0 Å². The van der Waals surface area contributed by atoms with Crippen LogP contribution >= 0.6 is 24.0 Å². The molecule has 0 aromatic heterocycles. The smallest absolute Gasteiger partial charge is 0.191 e. The molecule has 7 heteroatoms. The lowest BCUT2D eigenvalue weighted by Crippen LogP contribution is -2.48. The molecule has 1 aromatic rings. The van der Waals surface area contributed by atoms with E-state index in [-0.39, 0.29) is 35.0 Å². The zero-order chi connectivity index (χ0) is 20.7. The highest BCUT2D eigenvalue weighted by Gasteiger charge is 2.37. The van der Waals surface area contributed by atoms with Crippen molar-refractivity contribution in [2.75, 3.05) is 46.6 Å². The molecule has 2 saturated heterocycles. The second-order valence-electron chi connectivity index (χ2n) is 8.55. The molecule has 0 spiro atoms. The monoisotopic (exact) mass is 531 g/mol. The van der Waals surface area contributed by atoms with E-state index in [0.29, 0.717) is 6.54 Å². The Kier molecular flexibility index (Phi) is 9.68. The largest absolute Gasteiger partial charge is 0.496 e. The van der Waals surface area contributed by atoms with Crippen LogP contribution in [0.25, 0.3) is 0 Å². The standard InChI is InChI=1S/C23H37N3O3.HI/c1-5-24-21(25-16-22(3)9-6-12-29-22)26-17-23(10-13-28-14-11-23)19-15-18(2)7-8-20(19)27-4;/h7-8,15H,5-6,9-14,16-17H2,1-4H3,(H2,24,25,26);1H. The van der Waals surface area contributed by atoms with E-state index in [1.807, 2.05) is 0 Å². The van der Waals surface area contributed by atoms with Crippen LogP contribution in [0, 0.1) is 6.92 Å². The Labute approximate surface area is 198 Å². The Morgan fingerprint density at radius 1 is 1.17 bits per heavy atom. The number of aliphatic imine (C=N–C) groups is 1. The Balaban J connectivity index is 0.00000320. The van der Waals surface area contributed by atoms with Gasteiger partial charge >= 0.3 is 0 Å². The summed E-state index contributed by atoms with van der Waals surface area (Å²) >= 11 is 0. The summed E-state index contributed by atoms with van der Waals surface area (Å²) in [5, 5.41) is 7.01. The van der Waals surface area contributed by atoms with Gasteiger partial charge in [0.05, 0.1) is 19.3 Å². The highest BCUT2D eigenvalue weighted by molar-refractivity contribution is 14.0. The second kappa shape index (κ2) is 11.5. The van der Waals surface area contributed by atoms with Gasteiger partial charge in [-0.05, 0) is 52.5 Å². The van der Waals surface area contributed by atoms with Crippen molar-refractivity contribution in [3.63, 3.8) is 0 Å². The number of ether oxygens (including phenoxy) is 3. The average molecular weight is 531 g/mol. The molecule has 2 aliphatic heterocycles. The number of methoxy groups -OCH3 is 1. The van der Waals surface area contributed by atoms with Gasteiger partial charge in [0.15, 0.2) is 5.96 Å². The summed E-state index contributed by atoms with van der Waals surface area (Å²) in [6, 6.07) is 6.46. The predicted molar refractivity (Wildman–Crippen MR) is 132 cm³/mol. The minimum atomic E-state index is -0.140. The van der Waals surface area contributed by atoms with E-state index in [4.69, 9.17) is 19.2 Å². The first-order valence-electron chi connectivity index (χ1n) is 10.9. The fraction of sp³-hybridized carbons (Fsp3) is 0.696. The van der Waals surface area contributed by atoms with E-state index < -0.39 is 0 Å². The van der Waals surface area contributed by atoms with Crippen molar-refractivity contribution >= 4 is 29.9 Å². The third-order valence-corrected chi connectivity index (χ3v) is 6.19. The number of hydrogen-bond donors (Lipinski definition) is 2. The highest BCUT2D eigenvalue weighted by atomic mass is 127. The van der Waals surface area contributed by atoms with E-state index in [1.165, 1.54) is 11.1 Å². The summed E-state index contributed by atoms with van der Waals surface area (Å²) in [6.45, 7) is 11.0. The molecule has 2 heterocycles. The average Bonchev–Trinajstić information content (AvgIpc) is 3.17. The SMILES string of the molecule is CCNC(=NCC1(C)CCCO1)NCC1(c2cc(C)ccc2OC)CCOCC1.I. The van der Waals surface area contributed by atoms with Gasteiger partial charge in [-0.2, -0.15) is 0 Å². The molecule has 2 N–H and O–H groups in total. The molecule has 1 atom stereocenters. The van der Waals surface area contributed by atoms with Crippen LogP contribution in [0.4, 0.5) is 0 Å². The lowest BCUT2D eigenvalue weighted by atomic mass is 9.73. The maximum atomic E-state index is 5.90. The predicted octanol–water partition coefficient (Wildman–Crippen LogP) is 3.79. The number of nitrogens with one attached hydrogen (secondary N) is 2. The van der Waals surface area contributed by atoms with Gasteiger partial charge in [-0.1, -0.05) is 17.7 Å². The Morgan fingerprint density at radius 2 is 1.93 bits per heavy atom. The minimum absolute atomic E-state index is 0. The maximum absolute atomic E-state index is 5.90. The van der Waals surface area contributed by atoms with Gasteiger partial charge in [-0.25, -0.2) is 0 Å². The normalized spacial score (nSPS) is 23.5. The summed E-state index contributed by atoms with van der Waals surface area (Å²) < 4.78 is 17.3.